The van der Waals surface area contributed by atoms with Gasteiger partial charge in [-0.15, -0.1) is 0 Å². The molecule has 0 unspecified atom stereocenters. The lowest BCUT2D eigenvalue weighted by Gasteiger charge is -2.30. The van der Waals surface area contributed by atoms with E-state index in [4.69, 9.17) is 10.5 Å². The van der Waals surface area contributed by atoms with Crippen LogP contribution < -0.4 is 11.1 Å². The quantitative estimate of drug-likeness (QED) is 0.868. The number of aryl methyl sites for hydroxylation is 1. The van der Waals surface area contributed by atoms with E-state index in [1.54, 1.807) is 10.9 Å². The molecule has 2 atom stereocenters. The Kier molecular flexibility index (Phi) is 4.39. The number of hydrogen-bond acceptors (Lipinski definition) is 6. The van der Waals surface area contributed by atoms with Crippen LogP contribution in [0.2, 0.25) is 0 Å². The zero-order valence-corrected chi connectivity index (χ0v) is 13.4. The van der Waals surface area contributed by atoms with Crippen LogP contribution >= 0.6 is 11.3 Å². The Morgan fingerprint density at radius 1 is 1.52 bits per heavy atom. The number of thiazole rings is 1. The van der Waals surface area contributed by atoms with Crippen molar-refractivity contribution >= 4 is 28.3 Å². The van der Waals surface area contributed by atoms with E-state index in [1.165, 1.54) is 6.20 Å². The fourth-order valence-corrected chi connectivity index (χ4v) is 3.32. The standard InChI is InChI=1S/C14H17N5O3S/c1-19-9(4-5-17-19)11-8(3-2-6-22-11)13(21)18-14-16-7-10(23-14)12(15)20/h4-5,7-8,11H,2-3,6H2,1H3,(H2,15,20)(H,16,18,21)/t8-,11-/m1/s1. The molecule has 1 saturated heterocycles. The molecule has 0 spiro atoms. The maximum Gasteiger partial charge on any atom is 0.260 e. The van der Waals surface area contributed by atoms with E-state index in [0.717, 1.165) is 29.9 Å². The molecule has 0 radical (unpaired) electrons. The molecule has 0 aliphatic carbocycles. The monoisotopic (exact) mass is 335 g/mol. The van der Waals surface area contributed by atoms with E-state index in [-0.39, 0.29) is 17.9 Å². The number of nitrogens with two attached hydrogens (primary N) is 1. The zero-order valence-electron chi connectivity index (χ0n) is 12.6. The van der Waals surface area contributed by atoms with E-state index in [9.17, 15) is 9.59 Å². The SMILES string of the molecule is Cn1nccc1[C@@H]1OCCC[C@H]1C(=O)Nc1ncc(C(N)=O)s1. The Morgan fingerprint density at radius 3 is 3.00 bits per heavy atom. The minimum Gasteiger partial charge on any atom is -0.371 e. The first-order valence-electron chi connectivity index (χ1n) is 7.22. The molecule has 0 aromatic carbocycles. The van der Waals surface area contributed by atoms with Crippen LogP contribution in [0, 0.1) is 5.92 Å². The van der Waals surface area contributed by atoms with Crippen LogP contribution in [0.25, 0.3) is 0 Å². The molecule has 122 valence electrons. The van der Waals surface area contributed by atoms with Crippen molar-refractivity contribution in [3.8, 4) is 0 Å². The first kappa shape index (κ1) is 15.6. The van der Waals surface area contributed by atoms with Crippen LogP contribution in [0.15, 0.2) is 18.5 Å². The number of anilines is 1. The lowest BCUT2D eigenvalue weighted by atomic mass is 9.91. The molecule has 3 heterocycles. The number of hydrogen-bond donors (Lipinski definition) is 2. The number of nitrogens with zero attached hydrogens (tertiary/aromatic N) is 3. The van der Waals surface area contributed by atoms with Gasteiger partial charge in [0, 0.05) is 19.9 Å². The molecule has 3 N–H and O–H groups in total. The van der Waals surface area contributed by atoms with E-state index in [0.29, 0.717) is 16.6 Å². The van der Waals surface area contributed by atoms with Crippen LogP contribution in [0.3, 0.4) is 0 Å². The largest absolute Gasteiger partial charge is 0.371 e. The van der Waals surface area contributed by atoms with Gasteiger partial charge in [-0.1, -0.05) is 11.3 Å². The molecular formula is C14H17N5O3S. The van der Waals surface area contributed by atoms with Gasteiger partial charge in [0.15, 0.2) is 5.13 Å². The molecule has 9 heteroatoms. The molecule has 2 aromatic heterocycles. The summed E-state index contributed by atoms with van der Waals surface area (Å²) in [4.78, 5) is 28.0. The van der Waals surface area contributed by atoms with E-state index in [1.807, 2.05) is 13.1 Å². The summed E-state index contributed by atoms with van der Waals surface area (Å²) in [7, 11) is 1.82. The maximum atomic E-state index is 12.6. The Morgan fingerprint density at radius 2 is 2.35 bits per heavy atom. The molecular weight excluding hydrogens is 318 g/mol. The van der Waals surface area contributed by atoms with Crippen LogP contribution in [0.5, 0.6) is 0 Å². The fourth-order valence-electron chi connectivity index (χ4n) is 2.65. The van der Waals surface area contributed by atoms with Crippen molar-refractivity contribution in [2.45, 2.75) is 18.9 Å². The van der Waals surface area contributed by atoms with Crippen LogP contribution in [-0.2, 0) is 16.6 Å². The zero-order chi connectivity index (χ0) is 16.4. The van der Waals surface area contributed by atoms with Gasteiger partial charge in [0.05, 0.1) is 17.8 Å². The second kappa shape index (κ2) is 6.47. The van der Waals surface area contributed by atoms with Gasteiger partial charge < -0.3 is 15.8 Å². The van der Waals surface area contributed by atoms with Gasteiger partial charge in [-0.05, 0) is 18.9 Å². The highest BCUT2D eigenvalue weighted by atomic mass is 32.1. The van der Waals surface area contributed by atoms with Crippen molar-refractivity contribution in [1.82, 2.24) is 14.8 Å². The summed E-state index contributed by atoms with van der Waals surface area (Å²) in [5.41, 5.74) is 6.06. The van der Waals surface area contributed by atoms with Crippen LogP contribution in [0.1, 0.15) is 34.3 Å². The summed E-state index contributed by atoms with van der Waals surface area (Å²) in [6.45, 7) is 0.614. The van der Waals surface area contributed by atoms with Gasteiger partial charge in [0.2, 0.25) is 5.91 Å². The number of ether oxygens (including phenoxy) is 1. The first-order chi connectivity index (χ1) is 11.1. The Balaban J connectivity index is 1.76. The molecule has 2 amide bonds. The van der Waals surface area contributed by atoms with Crippen molar-refractivity contribution in [3.63, 3.8) is 0 Å². The van der Waals surface area contributed by atoms with E-state index >= 15 is 0 Å². The maximum absolute atomic E-state index is 12.6. The lowest BCUT2D eigenvalue weighted by Crippen LogP contribution is -2.34. The summed E-state index contributed by atoms with van der Waals surface area (Å²) < 4.78 is 7.52. The number of aromatic nitrogens is 3. The normalized spacial score (nSPS) is 21.1. The third-order valence-corrected chi connectivity index (χ3v) is 4.72. The summed E-state index contributed by atoms with van der Waals surface area (Å²) in [5.74, 6) is -1.07. The van der Waals surface area contributed by atoms with Gasteiger partial charge in [0.25, 0.3) is 5.91 Å². The number of carbonyl (C=O) groups is 2. The molecule has 23 heavy (non-hydrogen) atoms. The predicted octanol–water partition coefficient (Wildman–Crippen LogP) is 1.08. The number of rotatable bonds is 4. The third-order valence-electron chi connectivity index (χ3n) is 3.79. The summed E-state index contributed by atoms with van der Waals surface area (Å²) in [5, 5.41) is 7.24. The Labute approximate surface area is 136 Å². The molecule has 3 rings (SSSR count). The highest BCUT2D eigenvalue weighted by molar-refractivity contribution is 7.17. The number of carbonyl (C=O) groups excluding carboxylic acids is 2. The minimum atomic E-state index is -0.559. The molecule has 0 saturated carbocycles. The van der Waals surface area contributed by atoms with Gasteiger partial charge in [-0.2, -0.15) is 5.10 Å². The highest BCUT2D eigenvalue weighted by Crippen LogP contribution is 2.34. The third kappa shape index (κ3) is 3.25. The fraction of sp³-hybridized carbons (Fsp3) is 0.429. The average Bonchev–Trinajstić information content (AvgIpc) is 3.16. The molecule has 0 bridgehead atoms. The molecule has 1 aliphatic rings. The Hall–Kier alpha value is -2.26. The highest BCUT2D eigenvalue weighted by Gasteiger charge is 2.35. The molecule has 2 aromatic rings. The average molecular weight is 335 g/mol. The second-order valence-electron chi connectivity index (χ2n) is 5.30. The number of nitrogens with one attached hydrogen (secondary N) is 1. The van der Waals surface area contributed by atoms with Crippen molar-refractivity contribution in [2.75, 3.05) is 11.9 Å². The van der Waals surface area contributed by atoms with Crippen molar-refractivity contribution in [2.24, 2.45) is 18.7 Å². The van der Waals surface area contributed by atoms with Crippen LogP contribution in [-0.4, -0.2) is 33.2 Å². The van der Waals surface area contributed by atoms with Crippen molar-refractivity contribution in [3.05, 3.63) is 29.0 Å². The molecule has 1 fully saturated rings. The summed E-state index contributed by atoms with van der Waals surface area (Å²) in [6, 6.07) is 1.85. The first-order valence-corrected chi connectivity index (χ1v) is 8.04. The van der Waals surface area contributed by atoms with Gasteiger partial charge >= 0.3 is 0 Å². The smallest absolute Gasteiger partial charge is 0.260 e. The van der Waals surface area contributed by atoms with E-state index < -0.39 is 5.91 Å². The second-order valence-corrected chi connectivity index (χ2v) is 6.33. The van der Waals surface area contributed by atoms with Gasteiger partial charge in [0.1, 0.15) is 11.0 Å². The summed E-state index contributed by atoms with van der Waals surface area (Å²) >= 11 is 1.06. The predicted molar refractivity (Wildman–Crippen MR) is 83.9 cm³/mol. The minimum absolute atomic E-state index is 0.179. The van der Waals surface area contributed by atoms with Crippen molar-refractivity contribution in [1.29, 1.82) is 0 Å². The van der Waals surface area contributed by atoms with Gasteiger partial charge in [-0.3, -0.25) is 14.3 Å². The van der Waals surface area contributed by atoms with Crippen molar-refractivity contribution < 1.29 is 14.3 Å². The number of primary amides is 1. The number of amides is 2. The topological polar surface area (TPSA) is 112 Å². The van der Waals surface area contributed by atoms with Gasteiger partial charge in [-0.25, -0.2) is 4.98 Å². The molecule has 1 aliphatic heterocycles. The Bertz CT molecular complexity index is 726. The lowest BCUT2D eigenvalue weighted by molar-refractivity contribution is -0.129. The van der Waals surface area contributed by atoms with E-state index in [2.05, 4.69) is 15.4 Å². The van der Waals surface area contributed by atoms with Crippen LogP contribution in [0.4, 0.5) is 5.13 Å². The molecule has 8 nitrogen and oxygen atoms in total. The summed E-state index contributed by atoms with van der Waals surface area (Å²) in [6.07, 6.45) is 4.24.